The monoisotopic (exact) mass is 306 g/mol. The van der Waals surface area contributed by atoms with E-state index in [9.17, 15) is 5.11 Å². The van der Waals surface area contributed by atoms with Crippen LogP contribution >= 0.6 is 15.9 Å². The molecule has 0 saturated carbocycles. The van der Waals surface area contributed by atoms with Crippen molar-refractivity contribution in [2.75, 3.05) is 0 Å². The number of rotatable bonds is 4. The number of aryl methyl sites for hydroxylation is 1. The lowest BCUT2D eigenvalue weighted by Crippen LogP contribution is -1.96. The number of aromatic hydroxyl groups is 1. The van der Waals surface area contributed by atoms with Crippen molar-refractivity contribution in [1.82, 2.24) is 0 Å². The molecule has 0 spiro atoms. The molecule has 0 aliphatic heterocycles. The van der Waals surface area contributed by atoms with Crippen molar-refractivity contribution in [2.45, 2.75) is 20.0 Å². The van der Waals surface area contributed by atoms with Crippen LogP contribution in [0.3, 0.4) is 0 Å². The summed E-state index contributed by atoms with van der Waals surface area (Å²) < 4.78 is 6.56. The summed E-state index contributed by atoms with van der Waals surface area (Å²) in [4.78, 5) is 0. The van der Waals surface area contributed by atoms with Crippen LogP contribution in [0.15, 0.2) is 46.9 Å². The molecule has 0 bridgehead atoms. The Bertz CT molecular complexity index is 524. The second-order valence-corrected chi connectivity index (χ2v) is 4.89. The fourth-order valence-corrected chi connectivity index (χ4v) is 2.22. The van der Waals surface area contributed by atoms with Crippen LogP contribution in [0.2, 0.25) is 0 Å². The van der Waals surface area contributed by atoms with Gasteiger partial charge in [-0.1, -0.05) is 37.3 Å². The normalized spacial score (nSPS) is 10.3. The van der Waals surface area contributed by atoms with Crippen LogP contribution in [0.4, 0.5) is 0 Å². The molecule has 0 amide bonds. The zero-order valence-electron chi connectivity index (χ0n) is 10.2. The van der Waals surface area contributed by atoms with Crippen molar-refractivity contribution in [3.63, 3.8) is 0 Å². The molecule has 2 aromatic carbocycles. The zero-order chi connectivity index (χ0) is 13.0. The van der Waals surface area contributed by atoms with E-state index in [0.717, 1.165) is 22.0 Å². The number of ether oxygens (including phenoxy) is 1. The largest absolute Gasteiger partial charge is 0.508 e. The van der Waals surface area contributed by atoms with Crippen molar-refractivity contribution < 1.29 is 9.84 Å². The maximum absolute atomic E-state index is 9.81. The van der Waals surface area contributed by atoms with Crippen LogP contribution in [0, 0.1) is 0 Å². The minimum absolute atomic E-state index is 0.281. The Labute approximate surface area is 115 Å². The maximum atomic E-state index is 9.81. The summed E-state index contributed by atoms with van der Waals surface area (Å²) in [6.07, 6.45) is 0.795. The van der Waals surface area contributed by atoms with E-state index in [0.29, 0.717) is 12.4 Å². The van der Waals surface area contributed by atoms with Gasteiger partial charge in [0.25, 0.3) is 0 Å². The van der Waals surface area contributed by atoms with Crippen molar-refractivity contribution in [3.05, 3.63) is 58.1 Å². The molecule has 0 saturated heterocycles. The van der Waals surface area contributed by atoms with Gasteiger partial charge in [0.2, 0.25) is 0 Å². The van der Waals surface area contributed by atoms with Crippen molar-refractivity contribution in [1.29, 1.82) is 0 Å². The highest BCUT2D eigenvalue weighted by Crippen LogP contribution is 2.33. The number of phenolic OH excluding ortho intramolecular Hbond substituents is 1. The SMILES string of the molecule is CCc1cc(Br)c(OCc2ccccc2)cc1O. The van der Waals surface area contributed by atoms with Gasteiger partial charge in [-0.2, -0.15) is 0 Å². The predicted molar refractivity (Wildman–Crippen MR) is 76.0 cm³/mol. The van der Waals surface area contributed by atoms with Crippen molar-refractivity contribution >= 4 is 15.9 Å². The summed E-state index contributed by atoms with van der Waals surface area (Å²) in [5.74, 6) is 0.942. The molecule has 0 aliphatic carbocycles. The van der Waals surface area contributed by atoms with E-state index in [2.05, 4.69) is 15.9 Å². The molecular formula is C15H15BrO2. The summed E-state index contributed by atoms with van der Waals surface area (Å²) in [6.45, 7) is 2.50. The highest BCUT2D eigenvalue weighted by molar-refractivity contribution is 9.10. The van der Waals surface area contributed by atoms with Gasteiger partial charge in [0.05, 0.1) is 4.47 Å². The number of benzene rings is 2. The topological polar surface area (TPSA) is 29.5 Å². The lowest BCUT2D eigenvalue weighted by atomic mass is 10.1. The quantitative estimate of drug-likeness (QED) is 0.912. The van der Waals surface area contributed by atoms with Gasteiger partial charge in [0.1, 0.15) is 18.1 Å². The first-order chi connectivity index (χ1) is 8.70. The molecule has 0 radical (unpaired) electrons. The first-order valence-electron chi connectivity index (χ1n) is 5.88. The van der Waals surface area contributed by atoms with E-state index < -0.39 is 0 Å². The average molecular weight is 307 g/mol. The molecule has 3 heteroatoms. The van der Waals surface area contributed by atoms with E-state index in [1.54, 1.807) is 6.07 Å². The molecule has 2 nitrogen and oxygen atoms in total. The van der Waals surface area contributed by atoms with Crippen LogP contribution in [0.25, 0.3) is 0 Å². The Morgan fingerprint density at radius 1 is 1.17 bits per heavy atom. The van der Waals surface area contributed by atoms with E-state index >= 15 is 0 Å². The maximum Gasteiger partial charge on any atom is 0.137 e. The molecule has 0 atom stereocenters. The van der Waals surface area contributed by atoms with Gasteiger partial charge in [-0.15, -0.1) is 0 Å². The third-order valence-electron chi connectivity index (χ3n) is 2.75. The lowest BCUT2D eigenvalue weighted by Gasteiger charge is -2.11. The Hall–Kier alpha value is -1.48. The van der Waals surface area contributed by atoms with Crippen LogP contribution in [0.5, 0.6) is 11.5 Å². The first-order valence-corrected chi connectivity index (χ1v) is 6.68. The molecule has 1 N–H and O–H groups in total. The second-order valence-electron chi connectivity index (χ2n) is 4.04. The molecule has 94 valence electrons. The second kappa shape index (κ2) is 5.91. The third-order valence-corrected chi connectivity index (χ3v) is 3.37. The number of phenols is 1. The number of hydrogen-bond acceptors (Lipinski definition) is 2. The molecule has 18 heavy (non-hydrogen) atoms. The van der Waals surface area contributed by atoms with Crippen LogP contribution in [-0.4, -0.2) is 5.11 Å². The number of halogens is 1. The van der Waals surface area contributed by atoms with Gasteiger partial charge in [-0.3, -0.25) is 0 Å². The molecule has 0 unspecified atom stereocenters. The third kappa shape index (κ3) is 3.05. The van der Waals surface area contributed by atoms with Crippen molar-refractivity contribution in [2.24, 2.45) is 0 Å². The molecule has 0 aromatic heterocycles. The first kappa shape index (κ1) is 13.0. The van der Waals surface area contributed by atoms with Gasteiger partial charge in [0, 0.05) is 6.07 Å². The van der Waals surface area contributed by atoms with Crippen molar-refractivity contribution in [3.8, 4) is 11.5 Å². The average Bonchev–Trinajstić information content (AvgIpc) is 2.40. The number of hydrogen-bond donors (Lipinski definition) is 1. The fourth-order valence-electron chi connectivity index (χ4n) is 1.71. The van der Waals surface area contributed by atoms with Crippen LogP contribution in [0.1, 0.15) is 18.1 Å². The van der Waals surface area contributed by atoms with Gasteiger partial charge in [-0.25, -0.2) is 0 Å². The van der Waals surface area contributed by atoms with E-state index in [-0.39, 0.29) is 5.75 Å². The van der Waals surface area contributed by atoms with Crippen LogP contribution < -0.4 is 4.74 Å². The Morgan fingerprint density at radius 2 is 1.89 bits per heavy atom. The zero-order valence-corrected chi connectivity index (χ0v) is 11.8. The highest BCUT2D eigenvalue weighted by atomic mass is 79.9. The molecule has 0 aliphatic rings. The summed E-state index contributed by atoms with van der Waals surface area (Å²) in [5, 5.41) is 9.81. The molecule has 2 aromatic rings. The standard InChI is InChI=1S/C15H15BrO2/c1-2-12-8-13(16)15(9-14(12)17)18-10-11-6-4-3-5-7-11/h3-9,17H,2,10H2,1H3. The molecule has 0 heterocycles. The summed E-state index contributed by atoms with van der Waals surface area (Å²) >= 11 is 3.46. The molecule has 0 fully saturated rings. The minimum Gasteiger partial charge on any atom is -0.508 e. The van der Waals surface area contributed by atoms with E-state index in [4.69, 9.17) is 4.74 Å². The summed E-state index contributed by atoms with van der Waals surface area (Å²) in [7, 11) is 0. The van der Waals surface area contributed by atoms with Gasteiger partial charge in [-0.05, 0) is 39.5 Å². The molecule has 2 rings (SSSR count). The Balaban J connectivity index is 2.13. The van der Waals surface area contributed by atoms with Crippen LogP contribution in [-0.2, 0) is 13.0 Å². The van der Waals surface area contributed by atoms with E-state index in [1.807, 2.05) is 43.3 Å². The van der Waals surface area contributed by atoms with E-state index in [1.165, 1.54) is 0 Å². The Morgan fingerprint density at radius 3 is 2.56 bits per heavy atom. The minimum atomic E-state index is 0.281. The van der Waals surface area contributed by atoms with Gasteiger partial charge >= 0.3 is 0 Å². The lowest BCUT2D eigenvalue weighted by molar-refractivity contribution is 0.302. The smallest absolute Gasteiger partial charge is 0.137 e. The van der Waals surface area contributed by atoms with Gasteiger partial charge < -0.3 is 9.84 Å². The fraction of sp³-hybridized carbons (Fsp3) is 0.200. The molecular weight excluding hydrogens is 292 g/mol. The van der Waals surface area contributed by atoms with Gasteiger partial charge in [0.15, 0.2) is 0 Å². The highest BCUT2D eigenvalue weighted by Gasteiger charge is 2.07. The summed E-state index contributed by atoms with van der Waals surface area (Å²) in [6, 6.07) is 13.5. The Kier molecular flexibility index (Phi) is 4.26. The predicted octanol–water partition coefficient (Wildman–Crippen LogP) is 4.30. The summed E-state index contributed by atoms with van der Waals surface area (Å²) in [5.41, 5.74) is 2.01.